The third-order valence-corrected chi connectivity index (χ3v) is 21.6. The molecule has 8 heterocycles. The second-order valence-corrected chi connectivity index (χ2v) is 28.5. The fourth-order valence-corrected chi connectivity index (χ4v) is 16.3. The smallest absolute Gasteiger partial charge is 0.238 e. The highest BCUT2D eigenvalue weighted by molar-refractivity contribution is 6.29. The van der Waals surface area contributed by atoms with Gasteiger partial charge in [-0.15, -0.1) is 0 Å². The zero-order chi connectivity index (χ0) is 98.9. The van der Waals surface area contributed by atoms with Gasteiger partial charge in [0.25, 0.3) is 0 Å². The molecule has 0 aliphatic rings. The highest BCUT2D eigenvalue weighted by Crippen LogP contribution is 2.47. The summed E-state index contributed by atoms with van der Waals surface area (Å²) in [5, 5.41) is 2.69. The molecule has 0 bridgehead atoms. The van der Waals surface area contributed by atoms with Gasteiger partial charge in [0.15, 0.2) is 23.3 Å². The Morgan fingerprint density at radius 2 is 0.550 bits per heavy atom. The lowest BCUT2D eigenvalue weighted by Gasteiger charge is -2.13. The molecule has 0 spiro atoms. The highest BCUT2D eigenvalue weighted by Gasteiger charge is 2.27. The molecule has 0 saturated carbocycles. The van der Waals surface area contributed by atoms with E-state index in [1.165, 1.54) is 9.13 Å². The molecule has 120 heavy (non-hydrogen) atoms. The summed E-state index contributed by atoms with van der Waals surface area (Å²) in [6.45, 7) is 0. The van der Waals surface area contributed by atoms with Crippen LogP contribution in [0.2, 0.25) is 0 Å². The van der Waals surface area contributed by atoms with E-state index in [4.69, 9.17) is 64.0 Å². The summed E-state index contributed by atoms with van der Waals surface area (Å²) in [6.07, 6.45) is 0. The summed E-state index contributed by atoms with van der Waals surface area (Å²) in [4.78, 5) is 30.1. The number of rotatable bonds is 11. The molecule has 0 saturated heterocycles. The molecule has 0 aliphatic carbocycles. The van der Waals surface area contributed by atoms with Crippen molar-refractivity contribution in [1.82, 2.24) is 39.0 Å². The van der Waals surface area contributed by atoms with Gasteiger partial charge in [-0.05, 0) is 165 Å². The van der Waals surface area contributed by atoms with Gasteiger partial charge >= 0.3 is 0 Å². The predicted molar refractivity (Wildman–Crippen MR) is 486 cm³/mol. The van der Waals surface area contributed by atoms with E-state index in [1.54, 1.807) is 72.8 Å². The molecule has 12 nitrogen and oxygen atoms in total. The highest BCUT2D eigenvalue weighted by atomic mass is 16.3. The topological polar surface area (TPSA) is 140 Å². The maximum absolute atomic E-state index is 9.91. The van der Waals surface area contributed by atoms with Gasteiger partial charge in [-0.25, -0.2) is 9.97 Å². The number of fused-ring (bicyclic) bond motifs is 20. The van der Waals surface area contributed by atoms with Gasteiger partial charge in [-0.2, -0.15) is 19.9 Å². The van der Waals surface area contributed by atoms with E-state index < -0.39 is 121 Å². The van der Waals surface area contributed by atoms with Crippen molar-refractivity contribution >= 4 is 131 Å². The van der Waals surface area contributed by atoms with E-state index in [2.05, 4.69) is 0 Å². The minimum atomic E-state index is -0.665. The van der Waals surface area contributed by atoms with Gasteiger partial charge in [0.05, 0.1) is 53.6 Å². The van der Waals surface area contributed by atoms with E-state index in [0.29, 0.717) is 50.1 Å². The van der Waals surface area contributed by atoms with Crippen LogP contribution in [0.25, 0.3) is 244 Å². The SMILES string of the molecule is [2H]c1c(-c2ccccc2)c([2H])c(-c2nc(-c3ccc4c(c3)oc3cccc(-c5ccccc5)c34)nc(-n3c4c([2H])c([2H])c([2H])c([2H])c4c4c5c(oc6c([2H])c([2H])c([2H])c([2H])c65)c([2H])c([2H])c43)n2)c([2H])c1-c1ccccc1.[2H]c1c([2H])c([2H])c2c(oc3c([2H])c([2H])c4c(c5c([2H])c([2H])c([2H])c([2H])c5n4-c4nc(-c5cccc(-c6ccccc6)c5)nc(-c5ccc6c(c5)oc5cccc(-c7ccccc7)c56)n4)c32)c1[2H]. The monoisotopic (exact) mass is 1560 g/mol. The lowest BCUT2D eigenvalue weighted by Crippen LogP contribution is -2.06. The first kappa shape index (κ1) is 48.7. The summed E-state index contributed by atoms with van der Waals surface area (Å²) in [5.74, 6) is -0.468. The number of para-hydroxylation sites is 4. The number of furan rings is 4. The third kappa shape index (κ3) is 11.3. The predicted octanol–water partition coefficient (Wildman–Crippen LogP) is 28.5. The molecule has 0 atom stereocenters. The van der Waals surface area contributed by atoms with Gasteiger partial charge in [0, 0.05) is 86.9 Å². The molecule has 0 aliphatic heterocycles. The van der Waals surface area contributed by atoms with Crippen molar-refractivity contribution in [1.29, 1.82) is 0 Å². The summed E-state index contributed by atoms with van der Waals surface area (Å²) in [7, 11) is 0. The first-order chi connectivity index (χ1) is 69.1. The molecule has 25 rings (SSSR count). The zero-order valence-corrected chi connectivity index (χ0v) is 62.4. The quantitative estimate of drug-likeness (QED) is 0.123. The van der Waals surface area contributed by atoms with Crippen molar-refractivity contribution in [2.75, 3.05) is 0 Å². The maximum Gasteiger partial charge on any atom is 0.238 e. The van der Waals surface area contributed by atoms with E-state index in [9.17, 15) is 15.1 Å². The Labute approximate surface area is 717 Å². The molecule has 8 aromatic heterocycles. The minimum absolute atomic E-state index is 0.00860. The number of hydrogen-bond donors (Lipinski definition) is 0. The van der Waals surface area contributed by atoms with Crippen LogP contribution in [0.4, 0.5) is 0 Å². The lowest BCUT2D eigenvalue weighted by molar-refractivity contribution is 0.668. The van der Waals surface area contributed by atoms with Crippen molar-refractivity contribution in [3.05, 3.63) is 388 Å². The first-order valence-electron chi connectivity index (χ1n) is 49.7. The summed E-state index contributed by atoms with van der Waals surface area (Å²) in [5.41, 5.74) is 8.89. The number of benzene rings is 17. The standard InChI is InChI=1S/C57H34N4O2.C51H30N4O2/c1-4-15-35(16-5-1)39-31-40(36-17-6-2-7-18-36)33-41(32-39)56-58-55(38-27-28-45-51(34-38)63-49-26-14-23-42(52(45)49)37-19-8-3-9-20-37)59-57(60-56)61-46-24-12-10-21-43(46)53-47(61)29-30-50-54(53)44-22-11-13-25-48(44)62-50;1-3-13-31(14-4-1)33-17-11-18-34(29-33)49-52-50(35-25-26-39-45(30-35)57-43-24-12-21-36(46(39)43)32-15-5-2-6-16-32)54-51(53-49)55-40-22-9-7-19-37(40)47-41(55)27-28-44-48(47)38-20-8-10-23-42(38)56-44/h1-34H;1-30H/i10D,11D,12D,13D,21D,22D,24D,25D,29D,30D,31D,32D,33D;7D,8D,9D,10D,19D,20D,22D,23D,27D,28D. The Morgan fingerprint density at radius 3 is 1.00 bits per heavy atom. The zero-order valence-electron chi connectivity index (χ0n) is 85.4. The molecule has 0 N–H and O–H groups in total. The third-order valence-electron chi connectivity index (χ3n) is 21.6. The van der Waals surface area contributed by atoms with E-state index in [-0.39, 0.29) is 158 Å². The largest absolute Gasteiger partial charge is 0.456 e. The molecule has 17 aromatic carbocycles. The van der Waals surface area contributed by atoms with Crippen LogP contribution in [-0.2, 0) is 0 Å². The van der Waals surface area contributed by atoms with Crippen LogP contribution in [-0.4, -0.2) is 39.0 Å². The Bertz CT molecular complexity index is 9850. The van der Waals surface area contributed by atoms with Gasteiger partial charge < -0.3 is 17.7 Å². The van der Waals surface area contributed by atoms with E-state index in [1.807, 2.05) is 176 Å². The molecule has 0 radical (unpaired) electrons. The average Bonchev–Trinajstić information content (AvgIpc) is 1.52. The Kier molecular flexibility index (Phi) is 11.2. The van der Waals surface area contributed by atoms with Crippen LogP contribution >= 0.6 is 0 Å². The van der Waals surface area contributed by atoms with Crippen LogP contribution in [0.5, 0.6) is 0 Å². The van der Waals surface area contributed by atoms with Gasteiger partial charge in [0.2, 0.25) is 11.9 Å². The fourth-order valence-electron chi connectivity index (χ4n) is 16.3. The van der Waals surface area contributed by atoms with Crippen LogP contribution in [0.15, 0.2) is 405 Å². The molecular weight excluding hydrogens is 1470 g/mol. The molecule has 0 unspecified atom stereocenters. The van der Waals surface area contributed by atoms with Gasteiger partial charge in [0.1, 0.15) is 44.7 Å². The van der Waals surface area contributed by atoms with Gasteiger partial charge in [-0.1, -0.05) is 279 Å². The molecule has 12 heteroatoms. The van der Waals surface area contributed by atoms with Crippen molar-refractivity contribution < 1.29 is 49.2 Å². The van der Waals surface area contributed by atoms with E-state index in [0.717, 1.165) is 54.9 Å². The molecule has 25 aromatic rings. The number of nitrogens with zero attached hydrogens (tertiary/aromatic N) is 8. The van der Waals surface area contributed by atoms with Crippen molar-refractivity contribution in [2.24, 2.45) is 0 Å². The molecule has 0 amide bonds. The Balaban J connectivity index is 0.000000155. The molecule has 560 valence electrons. The maximum atomic E-state index is 9.91. The number of aromatic nitrogens is 8. The van der Waals surface area contributed by atoms with Crippen LogP contribution < -0.4 is 0 Å². The normalized spacial score (nSPS) is 14.5. The summed E-state index contributed by atoms with van der Waals surface area (Å²) in [6, 6.07) is 65.9. The second-order valence-electron chi connectivity index (χ2n) is 28.5. The second kappa shape index (κ2) is 27.7. The minimum Gasteiger partial charge on any atom is -0.456 e. The van der Waals surface area contributed by atoms with Crippen LogP contribution in [0.1, 0.15) is 31.5 Å². The fraction of sp³-hybridized carbons (Fsp3) is 0. The van der Waals surface area contributed by atoms with Crippen molar-refractivity contribution in [3.8, 4) is 113 Å². The molecule has 0 fully saturated rings. The first-order valence-corrected chi connectivity index (χ1v) is 38.2. The van der Waals surface area contributed by atoms with Crippen molar-refractivity contribution in [2.45, 2.75) is 0 Å². The van der Waals surface area contributed by atoms with Crippen LogP contribution in [0.3, 0.4) is 0 Å². The van der Waals surface area contributed by atoms with Crippen molar-refractivity contribution in [3.63, 3.8) is 0 Å². The van der Waals surface area contributed by atoms with Crippen LogP contribution in [0, 0.1) is 0 Å². The molecular formula is C108H64N8O4. The summed E-state index contributed by atoms with van der Waals surface area (Å²) >= 11 is 0. The average molecular weight is 1560 g/mol. The lowest BCUT2D eigenvalue weighted by atomic mass is 9.96. The number of hydrogen-bond acceptors (Lipinski definition) is 10. The Hall–Kier alpha value is -16.4. The Morgan fingerprint density at radius 1 is 0.200 bits per heavy atom. The van der Waals surface area contributed by atoms with Gasteiger partial charge in [-0.3, -0.25) is 9.13 Å². The van der Waals surface area contributed by atoms with E-state index >= 15 is 0 Å². The summed E-state index contributed by atoms with van der Waals surface area (Å²) < 4.78 is 238.